The van der Waals surface area contributed by atoms with E-state index in [1.54, 1.807) is 13.8 Å². The van der Waals surface area contributed by atoms with Gasteiger partial charge in [0.1, 0.15) is 6.54 Å². The van der Waals surface area contributed by atoms with Gasteiger partial charge in [0.25, 0.3) is 11.5 Å². The number of likely N-dealkylation sites (tertiary alicyclic amines) is 1. The maximum atomic E-state index is 13.3. The molecule has 2 aliphatic rings. The van der Waals surface area contributed by atoms with Crippen LogP contribution in [0.25, 0.3) is 0 Å². The minimum Gasteiger partial charge on any atom is -0.352 e. The molecule has 2 amide bonds. The number of carbonyl (C=O) groups excluding carboxylic acids is 2. The van der Waals surface area contributed by atoms with Gasteiger partial charge in [-0.1, -0.05) is 0 Å². The predicted octanol–water partition coefficient (Wildman–Crippen LogP) is 0.956. The summed E-state index contributed by atoms with van der Waals surface area (Å²) in [6.45, 7) is 8.64. The molecule has 0 saturated carbocycles. The normalized spacial score (nSPS) is 22.0. The molecule has 0 aromatic carbocycles. The van der Waals surface area contributed by atoms with Gasteiger partial charge in [0.15, 0.2) is 0 Å². The molecule has 2 N–H and O–H groups in total. The number of fused-ring (bicyclic) bond motifs is 2. The summed E-state index contributed by atoms with van der Waals surface area (Å²) in [4.78, 5) is 39.8. The van der Waals surface area contributed by atoms with E-state index in [9.17, 15) is 14.4 Å². The summed E-state index contributed by atoms with van der Waals surface area (Å²) >= 11 is 0. The number of hydrogen-bond acceptors (Lipinski definition) is 4. The van der Waals surface area contributed by atoms with Crippen LogP contribution in [-0.2, 0) is 11.3 Å². The molecule has 2 saturated heterocycles. The summed E-state index contributed by atoms with van der Waals surface area (Å²) in [5.74, 6) is -0.272. The first kappa shape index (κ1) is 19.6. The maximum Gasteiger partial charge on any atom is 0.255 e. The van der Waals surface area contributed by atoms with Crippen molar-refractivity contribution in [1.29, 1.82) is 0 Å². The third kappa shape index (κ3) is 4.24. The fourth-order valence-corrected chi connectivity index (χ4v) is 4.24. The van der Waals surface area contributed by atoms with Crippen LogP contribution in [0.1, 0.15) is 54.7 Å². The zero-order chi connectivity index (χ0) is 19.7. The van der Waals surface area contributed by atoms with Gasteiger partial charge in [0, 0.05) is 43.0 Å². The largest absolute Gasteiger partial charge is 0.352 e. The van der Waals surface area contributed by atoms with Crippen LogP contribution in [0.5, 0.6) is 0 Å². The van der Waals surface area contributed by atoms with Crippen molar-refractivity contribution in [2.45, 2.75) is 71.6 Å². The van der Waals surface area contributed by atoms with Gasteiger partial charge in [-0.15, -0.1) is 0 Å². The first-order valence-corrected chi connectivity index (χ1v) is 9.82. The smallest absolute Gasteiger partial charge is 0.255 e. The Hall–Kier alpha value is -2.15. The molecule has 7 heteroatoms. The predicted molar refractivity (Wildman–Crippen MR) is 104 cm³/mol. The van der Waals surface area contributed by atoms with Crippen LogP contribution in [0.4, 0.5) is 0 Å². The van der Waals surface area contributed by atoms with Crippen molar-refractivity contribution < 1.29 is 9.59 Å². The Kier molecular flexibility index (Phi) is 5.69. The maximum absolute atomic E-state index is 13.3. The van der Waals surface area contributed by atoms with Crippen LogP contribution >= 0.6 is 0 Å². The van der Waals surface area contributed by atoms with Gasteiger partial charge in [-0.2, -0.15) is 0 Å². The van der Waals surface area contributed by atoms with E-state index in [4.69, 9.17) is 0 Å². The second-order valence-electron chi connectivity index (χ2n) is 8.11. The van der Waals surface area contributed by atoms with Gasteiger partial charge in [0.2, 0.25) is 5.91 Å². The van der Waals surface area contributed by atoms with Crippen LogP contribution in [0, 0.1) is 13.8 Å². The number of pyridine rings is 1. The van der Waals surface area contributed by atoms with Crippen LogP contribution in [0.2, 0.25) is 0 Å². The fraction of sp³-hybridized carbons (Fsp3) is 0.650. The van der Waals surface area contributed by atoms with E-state index in [0.717, 1.165) is 19.4 Å². The Morgan fingerprint density at radius 2 is 1.93 bits per heavy atom. The van der Waals surface area contributed by atoms with Crippen LogP contribution < -0.4 is 16.2 Å². The summed E-state index contributed by atoms with van der Waals surface area (Å²) in [5.41, 5.74) is 1.53. The highest BCUT2D eigenvalue weighted by Gasteiger charge is 2.32. The zero-order valence-electron chi connectivity index (χ0n) is 16.7. The molecule has 148 valence electrons. The molecule has 1 aromatic rings. The molecular weight excluding hydrogens is 344 g/mol. The van der Waals surface area contributed by atoms with Crippen molar-refractivity contribution in [3.63, 3.8) is 0 Å². The fourth-order valence-electron chi connectivity index (χ4n) is 4.24. The van der Waals surface area contributed by atoms with Crippen LogP contribution in [-0.4, -0.2) is 52.5 Å². The number of carbonyl (C=O) groups is 2. The van der Waals surface area contributed by atoms with Crippen LogP contribution in [0.15, 0.2) is 10.9 Å². The Morgan fingerprint density at radius 1 is 1.22 bits per heavy atom. The molecule has 2 bridgehead atoms. The molecule has 2 fully saturated rings. The molecule has 27 heavy (non-hydrogen) atoms. The monoisotopic (exact) mass is 374 g/mol. The summed E-state index contributed by atoms with van der Waals surface area (Å²) in [5, 5.41) is 6.38. The molecule has 2 unspecified atom stereocenters. The number of hydrogen-bond donors (Lipinski definition) is 2. The second-order valence-corrected chi connectivity index (χ2v) is 8.11. The van der Waals surface area contributed by atoms with Crippen molar-refractivity contribution in [3.8, 4) is 0 Å². The first-order valence-electron chi connectivity index (χ1n) is 9.82. The van der Waals surface area contributed by atoms with Gasteiger partial charge in [-0.05, 0) is 52.5 Å². The average Bonchev–Trinajstić information content (AvgIpc) is 2.89. The van der Waals surface area contributed by atoms with Crippen LogP contribution in [0.3, 0.4) is 0 Å². The molecule has 7 nitrogen and oxygen atoms in total. The molecule has 1 aromatic heterocycles. The number of amides is 2. The topological polar surface area (TPSA) is 83.4 Å². The van der Waals surface area contributed by atoms with E-state index in [-0.39, 0.29) is 30.0 Å². The molecule has 0 radical (unpaired) electrons. The number of aromatic nitrogens is 1. The SMILES string of the molecule is Cc1cc(=O)n(CC(=O)NC(C)C)c(C)c1C(=O)N1CCC2CCC(C1)N2. The van der Waals surface area contributed by atoms with Gasteiger partial charge in [-0.25, -0.2) is 0 Å². The quantitative estimate of drug-likeness (QED) is 0.822. The van der Waals surface area contributed by atoms with Gasteiger partial charge in [0.05, 0.1) is 5.56 Å². The van der Waals surface area contributed by atoms with E-state index in [1.807, 2.05) is 18.7 Å². The lowest BCUT2D eigenvalue weighted by Gasteiger charge is -2.26. The van der Waals surface area contributed by atoms with Gasteiger partial charge >= 0.3 is 0 Å². The number of rotatable bonds is 4. The molecule has 0 aliphatic carbocycles. The van der Waals surface area contributed by atoms with E-state index < -0.39 is 0 Å². The molecular formula is C20H30N4O3. The molecule has 3 heterocycles. The Labute approximate surface area is 160 Å². The first-order chi connectivity index (χ1) is 12.8. The standard InChI is InChI=1S/C20H30N4O3/c1-12(2)21-17(25)11-24-14(4)19(13(3)9-18(24)26)20(27)23-8-7-15-5-6-16(10-23)22-15/h9,12,15-16,22H,5-8,10-11H2,1-4H3,(H,21,25). The molecule has 3 rings (SSSR count). The minimum absolute atomic E-state index is 0.0000753. The van der Waals surface area contributed by atoms with Crippen molar-refractivity contribution in [3.05, 3.63) is 33.2 Å². The minimum atomic E-state index is -0.253. The third-order valence-electron chi connectivity index (χ3n) is 5.54. The second kappa shape index (κ2) is 7.84. The Balaban J connectivity index is 1.88. The van der Waals surface area contributed by atoms with Gasteiger partial charge < -0.3 is 20.1 Å². The van der Waals surface area contributed by atoms with E-state index in [0.29, 0.717) is 35.4 Å². The zero-order valence-corrected chi connectivity index (χ0v) is 16.7. The lowest BCUT2D eigenvalue weighted by molar-refractivity contribution is -0.122. The number of nitrogens with one attached hydrogen (secondary N) is 2. The summed E-state index contributed by atoms with van der Waals surface area (Å²) in [7, 11) is 0. The summed E-state index contributed by atoms with van der Waals surface area (Å²) < 4.78 is 1.40. The Bertz CT molecular complexity index is 799. The summed E-state index contributed by atoms with van der Waals surface area (Å²) in [6.07, 6.45) is 3.23. The highest BCUT2D eigenvalue weighted by atomic mass is 16.2. The highest BCUT2D eigenvalue weighted by molar-refractivity contribution is 5.96. The van der Waals surface area contributed by atoms with Crippen molar-refractivity contribution >= 4 is 11.8 Å². The molecule has 2 aliphatic heterocycles. The summed E-state index contributed by atoms with van der Waals surface area (Å²) in [6, 6.07) is 2.32. The lowest BCUT2D eigenvalue weighted by Crippen LogP contribution is -2.41. The van der Waals surface area contributed by atoms with E-state index >= 15 is 0 Å². The van der Waals surface area contributed by atoms with Crippen molar-refractivity contribution in [2.24, 2.45) is 0 Å². The third-order valence-corrected chi connectivity index (χ3v) is 5.54. The van der Waals surface area contributed by atoms with E-state index in [1.165, 1.54) is 17.1 Å². The highest BCUT2D eigenvalue weighted by Crippen LogP contribution is 2.23. The van der Waals surface area contributed by atoms with Crippen molar-refractivity contribution in [1.82, 2.24) is 20.1 Å². The number of nitrogens with zero attached hydrogens (tertiary/aromatic N) is 2. The van der Waals surface area contributed by atoms with Gasteiger partial charge in [-0.3, -0.25) is 14.4 Å². The molecule has 0 spiro atoms. The lowest BCUT2D eigenvalue weighted by atomic mass is 10.0. The average molecular weight is 374 g/mol. The van der Waals surface area contributed by atoms with Crippen molar-refractivity contribution in [2.75, 3.05) is 13.1 Å². The number of aryl methyl sites for hydroxylation is 1. The van der Waals surface area contributed by atoms with E-state index in [2.05, 4.69) is 10.6 Å². The molecule has 2 atom stereocenters. The Morgan fingerprint density at radius 3 is 2.63 bits per heavy atom.